The molecule has 0 aromatic rings. The van der Waals surface area contributed by atoms with E-state index in [-0.39, 0.29) is 12.4 Å². The van der Waals surface area contributed by atoms with Gasteiger partial charge in [-0.25, -0.2) is 0 Å². The summed E-state index contributed by atoms with van der Waals surface area (Å²) in [5, 5.41) is 2.53. The molecule has 35 heavy (non-hydrogen) atoms. The molecule has 0 rings (SSSR count). The standard InChI is InChI=1S/C29H63NO3Si.ClH/c1-7-11-12-13-14-15-16-17-18-19-20-21-22-23-24-26-29(5,6)30-27-25-28-34(31-8-2,32-9-3)33-10-4;/h30H,7-28H2,1-6H3;1H. The number of quaternary nitrogens is 1. The Morgan fingerprint density at radius 3 is 1.29 bits per heavy atom. The molecule has 0 aliphatic rings. The molecule has 0 fully saturated rings. The van der Waals surface area contributed by atoms with Crippen molar-refractivity contribution in [1.82, 2.24) is 0 Å². The third-order valence-corrected chi connectivity index (χ3v) is 10.1. The van der Waals surface area contributed by atoms with Gasteiger partial charge in [0.15, 0.2) is 0 Å². The maximum absolute atomic E-state index is 5.98. The Bertz CT molecular complexity index is 410. The van der Waals surface area contributed by atoms with E-state index in [1.165, 1.54) is 103 Å². The molecule has 0 saturated heterocycles. The molecule has 0 saturated carbocycles. The molecule has 0 radical (unpaired) electrons. The number of hydrogen-bond acceptors (Lipinski definition) is 3. The van der Waals surface area contributed by atoms with Crippen molar-refractivity contribution in [1.29, 1.82) is 0 Å². The van der Waals surface area contributed by atoms with Gasteiger partial charge < -0.3 is 31.0 Å². The van der Waals surface area contributed by atoms with E-state index in [0.717, 1.165) is 19.0 Å². The summed E-state index contributed by atoms with van der Waals surface area (Å²) in [4.78, 5) is 0. The molecule has 4 nitrogen and oxygen atoms in total. The van der Waals surface area contributed by atoms with Crippen LogP contribution < -0.4 is 17.7 Å². The van der Waals surface area contributed by atoms with Crippen molar-refractivity contribution in [3.63, 3.8) is 0 Å². The number of hydrogen-bond donors (Lipinski definition) is 1. The fraction of sp³-hybridized carbons (Fsp3) is 1.00. The average Bonchev–Trinajstić information content (AvgIpc) is 2.80. The maximum atomic E-state index is 5.98. The first-order chi connectivity index (χ1) is 16.4. The van der Waals surface area contributed by atoms with E-state index in [2.05, 4.69) is 26.1 Å². The van der Waals surface area contributed by atoms with Crippen LogP contribution in [0, 0.1) is 0 Å². The molecule has 0 unspecified atom stereocenters. The smallest absolute Gasteiger partial charge is 0.501 e. The quantitative estimate of drug-likeness (QED) is 0.118. The summed E-state index contributed by atoms with van der Waals surface area (Å²) in [6.45, 7) is 16.3. The van der Waals surface area contributed by atoms with Gasteiger partial charge in [0.1, 0.15) is 0 Å². The van der Waals surface area contributed by atoms with Gasteiger partial charge in [-0.1, -0.05) is 96.8 Å². The molecule has 0 heterocycles. The minimum atomic E-state index is -2.48. The van der Waals surface area contributed by atoms with E-state index in [4.69, 9.17) is 13.3 Å². The van der Waals surface area contributed by atoms with Crippen LogP contribution in [0.3, 0.4) is 0 Å². The van der Waals surface area contributed by atoms with Crippen LogP contribution in [0.25, 0.3) is 0 Å². The summed E-state index contributed by atoms with van der Waals surface area (Å²) in [7, 11) is -2.48. The van der Waals surface area contributed by atoms with Crippen LogP contribution in [0.4, 0.5) is 0 Å². The lowest BCUT2D eigenvalue weighted by Gasteiger charge is -2.29. The van der Waals surface area contributed by atoms with E-state index >= 15 is 0 Å². The molecular weight excluding hydrogens is 474 g/mol. The second-order valence-corrected chi connectivity index (χ2v) is 13.5. The summed E-state index contributed by atoms with van der Waals surface area (Å²) in [5.41, 5.74) is 0.323. The Labute approximate surface area is 228 Å². The van der Waals surface area contributed by atoms with Gasteiger partial charge in [0.25, 0.3) is 0 Å². The predicted molar refractivity (Wildman–Crippen MR) is 150 cm³/mol. The first-order valence-electron chi connectivity index (χ1n) is 15.2. The molecule has 214 valence electrons. The van der Waals surface area contributed by atoms with E-state index in [1.54, 1.807) is 0 Å². The van der Waals surface area contributed by atoms with Crippen LogP contribution in [0.1, 0.15) is 151 Å². The Balaban J connectivity index is 0. The number of nitrogens with two attached hydrogens (primary N) is 1. The van der Waals surface area contributed by atoms with E-state index in [0.29, 0.717) is 25.4 Å². The first kappa shape index (κ1) is 37.5. The SMILES string of the molecule is CCCCCCCCCCCCCCCCCC(C)(C)[NH2+]CCC[Si](OCC)(OCC)OCC.[Cl-]. The van der Waals surface area contributed by atoms with Gasteiger partial charge in [0.05, 0.1) is 12.1 Å². The lowest BCUT2D eigenvalue weighted by atomic mass is 9.95. The molecule has 6 heteroatoms. The summed E-state index contributed by atoms with van der Waals surface area (Å²) >= 11 is 0. The van der Waals surface area contributed by atoms with Gasteiger partial charge >= 0.3 is 8.80 Å². The van der Waals surface area contributed by atoms with Gasteiger partial charge in [-0.05, 0) is 41.0 Å². The zero-order chi connectivity index (χ0) is 25.4. The molecule has 0 aliphatic carbocycles. The zero-order valence-electron chi connectivity index (χ0n) is 24.7. The zero-order valence-corrected chi connectivity index (χ0v) is 26.5. The largest absolute Gasteiger partial charge is 1.00 e. The Kier molecular flexibility index (Phi) is 27.8. The van der Waals surface area contributed by atoms with Crippen molar-refractivity contribution >= 4 is 8.80 Å². The van der Waals surface area contributed by atoms with Gasteiger partial charge in [-0.2, -0.15) is 0 Å². The highest BCUT2D eigenvalue weighted by Crippen LogP contribution is 2.18. The summed E-state index contributed by atoms with van der Waals surface area (Å²) < 4.78 is 18.0. The van der Waals surface area contributed by atoms with Gasteiger partial charge in [0.2, 0.25) is 0 Å². The van der Waals surface area contributed by atoms with E-state index in [1.807, 2.05) is 20.8 Å². The molecule has 0 atom stereocenters. The van der Waals surface area contributed by atoms with Crippen LogP contribution in [0.15, 0.2) is 0 Å². The van der Waals surface area contributed by atoms with Crippen molar-refractivity contribution in [2.24, 2.45) is 0 Å². The van der Waals surface area contributed by atoms with Gasteiger partial charge in [-0.3, -0.25) is 0 Å². The molecular formula is C29H64ClNO3Si. The molecule has 0 aliphatic heterocycles. The fourth-order valence-electron chi connectivity index (χ4n) is 4.87. The monoisotopic (exact) mass is 537 g/mol. The minimum absolute atomic E-state index is 0. The number of halogens is 1. The molecule has 0 bridgehead atoms. The summed E-state index contributed by atoms with van der Waals surface area (Å²) in [6.07, 6.45) is 23.9. The third-order valence-electron chi connectivity index (χ3n) is 6.90. The second kappa shape index (κ2) is 26.0. The maximum Gasteiger partial charge on any atom is 0.501 e. The highest BCUT2D eigenvalue weighted by molar-refractivity contribution is 6.60. The van der Waals surface area contributed by atoms with Crippen LogP contribution in [-0.4, -0.2) is 40.7 Å². The number of unbranched alkanes of at least 4 members (excludes halogenated alkanes) is 14. The molecule has 0 aromatic carbocycles. The molecule has 0 aromatic heterocycles. The van der Waals surface area contributed by atoms with Crippen molar-refractivity contribution in [3.05, 3.63) is 0 Å². The highest BCUT2D eigenvalue weighted by atomic mass is 35.5. The van der Waals surface area contributed by atoms with Crippen LogP contribution in [0.2, 0.25) is 6.04 Å². The first-order valence-corrected chi connectivity index (χ1v) is 17.1. The summed E-state index contributed by atoms with van der Waals surface area (Å²) in [5.74, 6) is 0. The van der Waals surface area contributed by atoms with Crippen molar-refractivity contribution in [2.75, 3.05) is 26.4 Å². The van der Waals surface area contributed by atoms with Crippen molar-refractivity contribution in [3.8, 4) is 0 Å². The lowest BCUT2D eigenvalue weighted by molar-refractivity contribution is -0.721. The number of rotatable bonds is 27. The lowest BCUT2D eigenvalue weighted by Crippen LogP contribution is -3.00. The Morgan fingerprint density at radius 2 is 0.914 bits per heavy atom. The van der Waals surface area contributed by atoms with Gasteiger partial charge in [-0.15, -0.1) is 0 Å². The highest BCUT2D eigenvalue weighted by Gasteiger charge is 2.40. The van der Waals surface area contributed by atoms with E-state index in [9.17, 15) is 0 Å². The van der Waals surface area contributed by atoms with Gasteiger partial charge in [0, 0.05) is 38.7 Å². The predicted octanol–water partition coefficient (Wildman–Crippen LogP) is 5.03. The third kappa shape index (κ3) is 23.2. The van der Waals surface area contributed by atoms with E-state index < -0.39 is 8.80 Å². The Morgan fingerprint density at radius 1 is 0.543 bits per heavy atom. The van der Waals surface area contributed by atoms with Crippen LogP contribution in [0.5, 0.6) is 0 Å². The molecule has 0 spiro atoms. The fourth-order valence-corrected chi connectivity index (χ4v) is 7.51. The normalized spacial score (nSPS) is 12.2. The van der Waals surface area contributed by atoms with Crippen molar-refractivity contribution < 1.29 is 31.0 Å². The summed E-state index contributed by atoms with van der Waals surface area (Å²) in [6, 6.07) is 0.925. The minimum Gasteiger partial charge on any atom is -1.00 e. The average molecular weight is 538 g/mol. The second-order valence-electron chi connectivity index (χ2n) is 10.8. The van der Waals surface area contributed by atoms with Crippen LogP contribution in [-0.2, 0) is 13.3 Å². The Hall–Kier alpha value is 0.347. The molecule has 0 amide bonds. The van der Waals surface area contributed by atoms with Crippen LogP contribution >= 0.6 is 0 Å². The molecule has 2 N–H and O–H groups in total. The topological polar surface area (TPSA) is 44.3 Å². The van der Waals surface area contributed by atoms with Crippen molar-refractivity contribution in [2.45, 2.75) is 162 Å².